The van der Waals surface area contributed by atoms with E-state index >= 15 is 0 Å². The maximum atomic E-state index is 14.0. The number of aromatic nitrogens is 4. The molecule has 0 aliphatic rings. The Kier molecular flexibility index (Phi) is 6.38. The minimum absolute atomic E-state index is 0.197. The normalized spacial score (nSPS) is 11.5. The van der Waals surface area contributed by atoms with E-state index in [4.69, 9.17) is 21.1 Å². The van der Waals surface area contributed by atoms with Crippen molar-refractivity contribution in [1.82, 2.24) is 19.9 Å². The van der Waals surface area contributed by atoms with Crippen molar-refractivity contribution >= 4 is 11.6 Å². The number of methoxy groups -OCH3 is 1. The van der Waals surface area contributed by atoms with Crippen molar-refractivity contribution in [3.8, 4) is 34.1 Å². The molecular formula is C22H14ClF5N4O2. The minimum atomic E-state index is -4.70. The van der Waals surface area contributed by atoms with Gasteiger partial charge in [-0.1, -0.05) is 11.6 Å². The summed E-state index contributed by atoms with van der Waals surface area (Å²) in [7, 11) is 1.41. The summed E-state index contributed by atoms with van der Waals surface area (Å²) >= 11 is 6.30. The molecule has 176 valence electrons. The molecule has 0 saturated carbocycles. The molecule has 0 fully saturated rings. The zero-order valence-corrected chi connectivity index (χ0v) is 18.0. The number of pyridine rings is 2. The highest BCUT2D eigenvalue weighted by Crippen LogP contribution is 2.37. The summed E-state index contributed by atoms with van der Waals surface area (Å²) in [5.41, 5.74) is -0.119. The molecule has 0 aliphatic carbocycles. The Bertz CT molecular complexity index is 1330. The van der Waals surface area contributed by atoms with E-state index in [1.54, 1.807) is 6.07 Å². The predicted molar refractivity (Wildman–Crippen MR) is 112 cm³/mol. The Morgan fingerprint density at radius 1 is 1.03 bits per heavy atom. The fourth-order valence-corrected chi connectivity index (χ4v) is 3.25. The molecule has 0 unspecified atom stereocenters. The molecule has 34 heavy (non-hydrogen) atoms. The van der Waals surface area contributed by atoms with Crippen molar-refractivity contribution in [2.75, 3.05) is 7.11 Å². The fraction of sp³-hybridized carbons (Fsp3) is 0.136. The van der Waals surface area contributed by atoms with Crippen LogP contribution in [0.25, 0.3) is 22.6 Å². The molecule has 12 heteroatoms. The zero-order valence-electron chi connectivity index (χ0n) is 17.3. The summed E-state index contributed by atoms with van der Waals surface area (Å²) < 4.78 is 76.0. The Hall–Kier alpha value is -3.73. The number of rotatable bonds is 6. The smallest absolute Gasteiger partial charge is 0.417 e. The van der Waals surface area contributed by atoms with Gasteiger partial charge in [-0.25, -0.2) is 14.4 Å². The van der Waals surface area contributed by atoms with Crippen LogP contribution < -0.4 is 9.47 Å². The zero-order chi connectivity index (χ0) is 24.5. The largest absolute Gasteiger partial charge is 0.496 e. The Balaban J connectivity index is 1.55. The number of imidazole rings is 1. The van der Waals surface area contributed by atoms with Gasteiger partial charge in [0.15, 0.2) is 0 Å². The monoisotopic (exact) mass is 496 g/mol. The number of H-pyrrole nitrogens is 1. The topological polar surface area (TPSA) is 72.9 Å². The maximum absolute atomic E-state index is 14.0. The van der Waals surface area contributed by atoms with Crippen molar-refractivity contribution in [2.24, 2.45) is 0 Å². The lowest BCUT2D eigenvalue weighted by Gasteiger charge is -2.12. The standard InChI is InChI=1S/C22H14ClF5N4O2/c1-33-17-7-13(34-10-16-15(24)6-12(9-29-16)22(26,27)28)3-4-14(17)19-20(23)32-21(31-19)11-2-5-18(25)30-8-11/h2-9H,10H2,1H3,(H,31,32). The van der Waals surface area contributed by atoms with Crippen LogP contribution in [0.2, 0.25) is 5.15 Å². The summed E-state index contributed by atoms with van der Waals surface area (Å²) in [5, 5.41) is 0.197. The van der Waals surface area contributed by atoms with Crippen LogP contribution >= 0.6 is 11.6 Å². The lowest BCUT2D eigenvalue weighted by molar-refractivity contribution is -0.138. The van der Waals surface area contributed by atoms with E-state index in [9.17, 15) is 22.0 Å². The van der Waals surface area contributed by atoms with Gasteiger partial charge >= 0.3 is 6.18 Å². The van der Waals surface area contributed by atoms with Gasteiger partial charge in [-0.3, -0.25) is 4.98 Å². The van der Waals surface area contributed by atoms with Gasteiger partial charge in [-0.15, -0.1) is 0 Å². The number of nitrogens with zero attached hydrogens (tertiary/aromatic N) is 3. The van der Waals surface area contributed by atoms with E-state index in [2.05, 4.69) is 19.9 Å². The molecule has 1 aromatic carbocycles. The first-order valence-electron chi connectivity index (χ1n) is 9.56. The summed E-state index contributed by atoms with van der Waals surface area (Å²) in [5.74, 6) is -0.847. The maximum Gasteiger partial charge on any atom is 0.417 e. The molecule has 4 rings (SSSR count). The van der Waals surface area contributed by atoms with Crippen LogP contribution in [0.4, 0.5) is 22.0 Å². The number of alkyl halides is 3. The molecule has 3 aromatic heterocycles. The third-order valence-corrected chi connectivity index (χ3v) is 4.98. The van der Waals surface area contributed by atoms with Gasteiger partial charge in [-0.2, -0.15) is 17.6 Å². The van der Waals surface area contributed by atoms with Crippen LogP contribution in [-0.2, 0) is 12.8 Å². The highest BCUT2D eigenvalue weighted by atomic mass is 35.5. The summed E-state index contributed by atoms with van der Waals surface area (Å²) in [6.45, 7) is -0.405. The fourth-order valence-electron chi connectivity index (χ4n) is 3.02. The van der Waals surface area contributed by atoms with Crippen molar-refractivity contribution in [3.63, 3.8) is 0 Å². The predicted octanol–water partition coefficient (Wildman–Crippen LogP) is 6.07. The summed E-state index contributed by atoms with van der Waals surface area (Å²) in [6, 6.07) is 7.66. The van der Waals surface area contributed by atoms with Crippen LogP contribution in [0.15, 0.2) is 48.8 Å². The quantitative estimate of drug-likeness (QED) is 0.259. The number of benzene rings is 1. The molecule has 1 N–H and O–H groups in total. The van der Waals surface area contributed by atoms with E-state index in [1.165, 1.54) is 37.6 Å². The second-order valence-corrected chi connectivity index (χ2v) is 7.30. The van der Waals surface area contributed by atoms with Gasteiger partial charge in [-0.05, 0) is 30.3 Å². The van der Waals surface area contributed by atoms with Crippen LogP contribution in [0.3, 0.4) is 0 Å². The molecule has 0 saturated heterocycles. The summed E-state index contributed by atoms with van der Waals surface area (Å²) in [6.07, 6.45) is -2.85. The van der Waals surface area contributed by atoms with Crippen LogP contribution in [-0.4, -0.2) is 27.0 Å². The lowest BCUT2D eigenvalue weighted by atomic mass is 10.1. The third kappa shape index (κ3) is 4.93. The molecule has 4 aromatic rings. The molecule has 0 radical (unpaired) electrons. The molecule has 3 heterocycles. The molecule has 0 aliphatic heterocycles. The summed E-state index contributed by atoms with van der Waals surface area (Å²) in [4.78, 5) is 14.4. The van der Waals surface area contributed by atoms with E-state index in [-0.39, 0.29) is 16.6 Å². The number of hydrogen-bond donors (Lipinski definition) is 1. The second kappa shape index (κ2) is 9.26. The van der Waals surface area contributed by atoms with Crippen LogP contribution in [0, 0.1) is 11.8 Å². The molecule has 6 nitrogen and oxygen atoms in total. The first-order valence-corrected chi connectivity index (χ1v) is 9.93. The molecule has 0 atom stereocenters. The minimum Gasteiger partial charge on any atom is -0.496 e. The molecule has 0 amide bonds. The molecule has 0 spiro atoms. The van der Waals surface area contributed by atoms with Crippen molar-refractivity contribution in [2.45, 2.75) is 12.8 Å². The number of aromatic amines is 1. The van der Waals surface area contributed by atoms with Crippen LogP contribution in [0.1, 0.15) is 11.3 Å². The Labute approximate surface area is 194 Å². The number of ether oxygens (including phenoxy) is 2. The highest BCUT2D eigenvalue weighted by Gasteiger charge is 2.32. The van der Waals surface area contributed by atoms with E-state index in [0.29, 0.717) is 40.7 Å². The van der Waals surface area contributed by atoms with Gasteiger partial charge in [0.2, 0.25) is 5.95 Å². The Morgan fingerprint density at radius 3 is 2.47 bits per heavy atom. The van der Waals surface area contributed by atoms with Crippen molar-refractivity contribution < 1.29 is 31.4 Å². The van der Waals surface area contributed by atoms with Crippen molar-refractivity contribution in [3.05, 3.63) is 77.0 Å². The molecule has 0 bridgehead atoms. The van der Waals surface area contributed by atoms with Gasteiger partial charge in [0, 0.05) is 29.6 Å². The van der Waals surface area contributed by atoms with Crippen LogP contribution in [0.5, 0.6) is 11.5 Å². The van der Waals surface area contributed by atoms with Gasteiger partial charge in [0.1, 0.15) is 46.3 Å². The second-order valence-electron chi connectivity index (χ2n) is 6.92. The highest BCUT2D eigenvalue weighted by molar-refractivity contribution is 6.32. The SMILES string of the molecule is COc1cc(OCc2ncc(C(F)(F)F)cc2F)ccc1-c1nc(-c2ccc(F)nc2)[nH]c1Cl. The third-order valence-electron chi connectivity index (χ3n) is 4.71. The van der Waals surface area contributed by atoms with Crippen molar-refractivity contribution in [1.29, 1.82) is 0 Å². The lowest BCUT2D eigenvalue weighted by Crippen LogP contribution is -2.09. The van der Waals surface area contributed by atoms with Gasteiger partial charge < -0.3 is 14.5 Å². The van der Waals surface area contributed by atoms with E-state index < -0.39 is 30.1 Å². The first-order chi connectivity index (χ1) is 16.2. The van der Waals surface area contributed by atoms with Gasteiger partial charge in [0.05, 0.1) is 12.7 Å². The van der Waals surface area contributed by atoms with Gasteiger partial charge in [0.25, 0.3) is 0 Å². The van der Waals surface area contributed by atoms with E-state index in [0.717, 1.165) is 0 Å². The first kappa shape index (κ1) is 23.4. The van der Waals surface area contributed by atoms with E-state index in [1.807, 2.05) is 0 Å². The molecular weight excluding hydrogens is 483 g/mol. The number of nitrogens with one attached hydrogen (secondary N) is 1. The number of hydrogen-bond acceptors (Lipinski definition) is 5. The average molecular weight is 497 g/mol. The Morgan fingerprint density at radius 2 is 1.82 bits per heavy atom. The number of halogens is 6. The average Bonchev–Trinajstić information content (AvgIpc) is 3.19.